The number of nitrogens with one attached hydrogen (secondary N) is 1. The fourth-order valence-corrected chi connectivity index (χ4v) is 7.66. The average molecular weight is 625 g/mol. The van der Waals surface area contributed by atoms with Crippen LogP contribution in [0.4, 0.5) is 0 Å². The van der Waals surface area contributed by atoms with Gasteiger partial charge in [-0.1, -0.05) is 49.6 Å². The number of hydrogen-bond acceptors (Lipinski definition) is 8. The van der Waals surface area contributed by atoms with E-state index in [0.717, 1.165) is 65.3 Å². The van der Waals surface area contributed by atoms with Gasteiger partial charge in [0.25, 0.3) is 0 Å². The summed E-state index contributed by atoms with van der Waals surface area (Å²) in [6.45, 7) is 0. The normalized spacial score (nSPS) is 17.9. The fourth-order valence-electron chi connectivity index (χ4n) is 6.62. The first kappa shape index (κ1) is 29.6. The van der Waals surface area contributed by atoms with Gasteiger partial charge in [0.1, 0.15) is 11.6 Å². The maximum atomic E-state index is 10.6. The number of aliphatic imine (C=N–C) groups is 1. The zero-order valence-electron chi connectivity index (χ0n) is 25.3. The molecule has 0 amide bonds. The predicted molar refractivity (Wildman–Crippen MR) is 177 cm³/mol. The second-order valence-electron chi connectivity index (χ2n) is 11.7. The summed E-state index contributed by atoms with van der Waals surface area (Å²) in [4.78, 5) is 19.3. The highest BCUT2D eigenvalue weighted by Gasteiger charge is 2.37. The smallest absolute Gasteiger partial charge is 0.240 e. The van der Waals surface area contributed by atoms with Crippen molar-refractivity contribution in [3.05, 3.63) is 113 Å². The molecule has 2 aliphatic carbocycles. The summed E-state index contributed by atoms with van der Waals surface area (Å²) in [5.41, 5.74) is 4.84. The topological polar surface area (TPSA) is 120 Å². The molecule has 46 heavy (non-hydrogen) atoms. The van der Waals surface area contributed by atoms with Crippen LogP contribution in [0.5, 0.6) is 17.6 Å². The number of thioether (sulfide) groups is 1. The molecule has 9 heteroatoms. The van der Waals surface area contributed by atoms with Gasteiger partial charge in [-0.25, -0.2) is 15.0 Å². The van der Waals surface area contributed by atoms with Crippen LogP contribution in [0.15, 0.2) is 106 Å². The molecule has 8 nitrogen and oxygen atoms in total. The van der Waals surface area contributed by atoms with Crippen LogP contribution in [-0.4, -0.2) is 20.8 Å². The zero-order chi connectivity index (χ0) is 31.3. The number of hydrogen-bond donors (Lipinski definition) is 1. The summed E-state index contributed by atoms with van der Waals surface area (Å²) in [7, 11) is 0. The largest absolute Gasteiger partial charge is 0.423 e. The Hall–Kier alpha value is -5.12. The molecule has 0 saturated heterocycles. The lowest BCUT2D eigenvalue weighted by Crippen LogP contribution is -2.11. The van der Waals surface area contributed by atoms with Crippen LogP contribution in [0.3, 0.4) is 0 Å². The van der Waals surface area contributed by atoms with E-state index in [2.05, 4.69) is 33.2 Å². The van der Waals surface area contributed by atoms with Crippen molar-refractivity contribution in [2.24, 2.45) is 10.9 Å². The van der Waals surface area contributed by atoms with Gasteiger partial charge in [-0.3, -0.25) is 0 Å². The minimum Gasteiger partial charge on any atom is -0.423 e. The minimum atomic E-state index is 0.184. The highest BCUT2D eigenvalue weighted by molar-refractivity contribution is 8.08. The number of nitrogens with zero attached hydrogens (tertiary/aromatic N) is 5. The molecule has 228 valence electrons. The Bertz CT molecular complexity index is 1890. The molecule has 4 aromatic rings. The van der Waals surface area contributed by atoms with Crippen LogP contribution < -0.4 is 9.47 Å². The number of H-pyrrole nitrogens is 1. The fraction of sp³-hybridized carbons (Fsp3) is 0.270. The summed E-state index contributed by atoms with van der Waals surface area (Å²) in [5, 5.41) is 20.0. The first-order valence-electron chi connectivity index (χ1n) is 15.8. The van der Waals surface area contributed by atoms with Gasteiger partial charge < -0.3 is 14.5 Å². The van der Waals surface area contributed by atoms with E-state index in [9.17, 15) is 10.5 Å². The molecule has 0 spiro atoms. The van der Waals surface area contributed by atoms with Crippen molar-refractivity contribution in [3.8, 4) is 29.8 Å². The number of pyridine rings is 2. The molecule has 1 N–H and O–H groups in total. The lowest BCUT2D eigenvalue weighted by atomic mass is 9.90. The van der Waals surface area contributed by atoms with Crippen molar-refractivity contribution >= 4 is 22.6 Å². The lowest BCUT2D eigenvalue weighted by molar-refractivity contribution is 0.447. The van der Waals surface area contributed by atoms with E-state index in [0.29, 0.717) is 34.7 Å². The Morgan fingerprint density at radius 2 is 1.43 bits per heavy atom. The second-order valence-corrected chi connectivity index (χ2v) is 12.8. The molecule has 4 heterocycles. The maximum absolute atomic E-state index is 10.6. The van der Waals surface area contributed by atoms with Gasteiger partial charge in [0.05, 0.1) is 27.9 Å². The predicted octanol–water partition coefficient (Wildman–Crippen LogP) is 9.09. The third kappa shape index (κ3) is 6.20. The van der Waals surface area contributed by atoms with Crippen LogP contribution in [0.25, 0.3) is 4.91 Å². The summed E-state index contributed by atoms with van der Waals surface area (Å²) in [6.07, 6.45) is 12.1. The summed E-state index contributed by atoms with van der Waals surface area (Å²) in [6, 6.07) is 25.4. The zero-order valence-corrected chi connectivity index (χ0v) is 26.1. The van der Waals surface area contributed by atoms with E-state index in [1.54, 1.807) is 30.2 Å². The van der Waals surface area contributed by atoms with Crippen molar-refractivity contribution in [1.82, 2.24) is 15.0 Å². The van der Waals surface area contributed by atoms with E-state index in [4.69, 9.17) is 14.5 Å². The molecule has 0 bridgehead atoms. The number of nitriles is 2. The second kappa shape index (κ2) is 13.5. The number of aromatic amines is 1. The van der Waals surface area contributed by atoms with Gasteiger partial charge in [0, 0.05) is 41.1 Å². The molecule has 7 rings (SSSR count). The number of ether oxygens (including phenoxy) is 2. The summed E-state index contributed by atoms with van der Waals surface area (Å²) in [5.74, 6) is 2.31. The van der Waals surface area contributed by atoms with Crippen LogP contribution >= 0.6 is 11.8 Å². The minimum absolute atomic E-state index is 0.184. The Labute approximate surface area is 272 Å². The van der Waals surface area contributed by atoms with Crippen molar-refractivity contribution < 1.29 is 9.47 Å². The number of benzene rings is 1. The van der Waals surface area contributed by atoms with Crippen molar-refractivity contribution in [3.63, 3.8) is 0 Å². The van der Waals surface area contributed by atoms with Crippen molar-refractivity contribution in [2.45, 2.75) is 62.2 Å². The molecule has 2 fully saturated rings. The molecular weight excluding hydrogens is 593 g/mol. The Kier molecular flexibility index (Phi) is 8.67. The molecule has 3 aliphatic rings. The van der Waals surface area contributed by atoms with E-state index in [1.807, 2.05) is 54.6 Å². The number of aromatic nitrogens is 3. The van der Waals surface area contributed by atoms with E-state index >= 15 is 0 Å². The number of rotatable bonds is 8. The van der Waals surface area contributed by atoms with Crippen LogP contribution in [0.1, 0.15) is 74.1 Å². The van der Waals surface area contributed by atoms with Gasteiger partial charge in [-0.05, 0) is 79.5 Å². The third-order valence-electron chi connectivity index (χ3n) is 8.78. The Balaban J connectivity index is 1.43. The highest BCUT2D eigenvalue weighted by Crippen LogP contribution is 2.50. The van der Waals surface area contributed by atoms with Crippen LogP contribution in [0, 0.1) is 28.6 Å². The average Bonchev–Trinajstić information content (AvgIpc) is 3.92. The van der Waals surface area contributed by atoms with Gasteiger partial charge in [0.2, 0.25) is 17.7 Å². The molecule has 2 saturated carbocycles. The summed E-state index contributed by atoms with van der Waals surface area (Å²) < 4.78 is 12.5. The van der Waals surface area contributed by atoms with Gasteiger partial charge in [-0.2, -0.15) is 10.5 Å². The quantitative estimate of drug-likeness (QED) is 0.194. The monoisotopic (exact) mass is 624 g/mol. The molecule has 1 aromatic carbocycles. The molecule has 3 aromatic heterocycles. The highest BCUT2D eigenvalue weighted by atomic mass is 32.2. The van der Waals surface area contributed by atoms with Gasteiger partial charge in [0.15, 0.2) is 5.88 Å². The van der Waals surface area contributed by atoms with Crippen LogP contribution in [0.2, 0.25) is 0 Å². The van der Waals surface area contributed by atoms with E-state index in [-0.39, 0.29) is 11.8 Å². The molecule has 0 unspecified atom stereocenters. The number of allylic oxidation sites excluding steroid dienone is 1. The van der Waals surface area contributed by atoms with Crippen molar-refractivity contribution in [2.75, 3.05) is 0 Å². The summed E-state index contributed by atoms with van der Waals surface area (Å²) >= 11 is 1.58. The standard InChI is InChI=1S/C37H32N6O2S/c38-22-24-15-17-27(18-16-24)46-36(34-28(25-9-1-2-10-25)21-32(42-34)44-30-13-5-7-19-40-30)35-33(26-11-3-4-12-26)29(23-39)37(43-35)45-31-14-6-8-20-41-31/h5-8,13-21,25-26,42H,1-4,9-12H2/b36-35+. The van der Waals surface area contributed by atoms with Gasteiger partial charge in [-0.15, -0.1) is 0 Å². The molecule has 0 atom stereocenters. The first-order chi connectivity index (χ1) is 22.7. The van der Waals surface area contributed by atoms with E-state index in [1.165, 1.54) is 18.4 Å². The maximum Gasteiger partial charge on any atom is 0.240 e. The van der Waals surface area contributed by atoms with Gasteiger partial charge >= 0.3 is 0 Å². The molecular formula is C37H32N6O2S. The Morgan fingerprint density at radius 1 is 0.783 bits per heavy atom. The molecule has 1 aliphatic heterocycles. The Morgan fingerprint density at radius 3 is 2.04 bits per heavy atom. The van der Waals surface area contributed by atoms with Crippen LogP contribution in [-0.2, 0) is 0 Å². The van der Waals surface area contributed by atoms with Crippen molar-refractivity contribution in [1.29, 1.82) is 10.5 Å². The lowest BCUT2D eigenvalue weighted by Gasteiger charge is -2.18. The molecule has 0 radical (unpaired) electrons. The van der Waals surface area contributed by atoms with E-state index < -0.39 is 0 Å². The first-order valence-corrected chi connectivity index (χ1v) is 16.6. The SMILES string of the molecule is N#CC1=C(C2CCCC2)/C(=C(\Sc2ccc(C#N)cc2)c2[nH]c(Oc3ccccn3)cc2C2CCCC2)N=C1Oc1ccccn1. The third-order valence-corrected chi connectivity index (χ3v) is 9.89.